The van der Waals surface area contributed by atoms with Crippen LogP contribution in [0.5, 0.6) is 0 Å². The Balaban J connectivity index is -0.00000800. The molecule has 0 aromatic heterocycles. The summed E-state index contributed by atoms with van der Waals surface area (Å²) in [5.74, 6) is -2.18. The molecule has 0 saturated carbocycles. The summed E-state index contributed by atoms with van der Waals surface area (Å²) < 4.78 is 67.0. The quantitative estimate of drug-likeness (QED) is 0.0557. The van der Waals surface area contributed by atoms with Gasteiger partial charge in [-0.25, -0.2) is 4.31 Å². The second-order valence-corrected chi connectivity index (χ2v) is 21.6. The molecule has 254 valence electrons. The Bertz CT molecular complexity index is 1000. The Kier molecular flexibility index (Phi) is 24.0. The van der Waals surface area contributed by atoms with Crippen LogP contribution in [-0.2, 0) is 92.6 Å². The number of nitrogens with zero attached hydrogens (tertiary/aromatic N) is 2. The first kappa shape index (κ1) is 50.3. The molecule has 5 unspecified atom stereocenters. The third kappa shape index (κ3) is 15.5. The maximum atomic E-state index is 13.0. The standard InChI is InChI=1S/C19H47N2O15P5.2Y/c1-5-7-9-13-20(3)15-11-18(22,39(28,29)30)37(24,25)17-38(26,27)36-41(34,35)19(23,40(31,32)33)12-16-21(4)14-10-8-6-2;;/h22-23H,5-17H2,1-4H3,(H,24,25)(H,26,27)(H,34,35)(H2,28,29,30)(H2,31,32,33);;. The monoisotopic (exact) mass is 876 g/mol. The molecule has 0 spiro atoms. The third-order valence-electron chi connectivity index (χ3n) is 6.50. The molecule has 0 rings (SSSR count). The molecule has 0 bridgehead atoms. The van der Waals surface area contributed by atoms with Crippen molar-refractivity contribution in [3.05, 3.63) is 0 Å². The van der Waals surface area contributed by atoms with Gasteiger partial charge in [-0.15, -0.1) is 0 Å². The molecule has 0 amide bonds. The summed E-state index contributed by atoms with van der Waals surface area (Å²) in [6.07, 6.45) is 2.48. The fraction of sp³-hybridized carbons (Fsp3) is 1.00. The molecule has 43 heavy (non-hydrogen) atoms. The minimum absolute atomic E-state index is 0. The van der Waals surface area contributed by atoms with Crippen LogP contribution in [0, 0.1) is 0 Å². The van der Waals surface area contributed by atoms with Crippen molar-refractivity contribution in [2.75, 3.05) is 46.2 Å². The summed E-state index contributed by atoms with van der Waals surface area (Å²) in [4.78, 5) is 72.7. The van der Waals surface area contributed by atoms with Crippen LogP contribution < -0.4 is 0 Å². The van der Waals surface area contributed by atoms with Gasteiger partial charge in [0.1, 0.15) is 5.90 Å². The first-order valence-electron chi connectivity index (χ1n) is 12.9. The molecule has 9 N–H and O–H groups in total. The van der Waals surface area contributed by atoms with E-state index in [0.717, 1.165) is 25.7 Å². The van der Waals surface area contributed by atoms with E-state index in [2.05, 4.69) is 4.31 Å². The summed E-state index contributed by atoms with van der Waals surface area (Å²) >= 11 is 0. The molecule has 17 nitrogen and oxygen atoms in total. The molecular formula is C19H47N2O15P5Y2. The van der Waals surface area contributed by atoms with Gasteiger partial charge < -0.3 is 54.3 Å². The van der Waals surface area contributed by atoms with Gasteiger partial charge in [0.05, 0.1) is 0 Å². The van der Waals surface area contributed by atoms with Crippen LogP contribution >= 0.6 is 37.8 Å². The van der Waals surface area contributed by atoms with Gasteiger partial charge in [-0.2, -0.15) is 0 Å². The zero-order valence-corrected chi connectivity index (χ0v) is 35.1. The van der Waals surface area contributed by atoms with Crippen molar-refractivity contribution in [2.45, 2.75) is 75.4 Å². The zero-order chi connectivity index (χ0) is 32.6. The number of aliphatic hydroxyl groups is 2. The molecule has 2 radical (unpaired) electrons. The van der Waals surface area contributed by atoms with E-state index in [4.69, 9.17) is 0 Å². The Morgan fingerprint density at radius 3 is 1.28 bits per heavy atom. The molecule has 24 heteroatoms. The molecule has 0 aromatic carbocycles. The normalized spacial score (nSPS) is 19.7. The minimum Gasteiger partial charge on any atom is -0.369 e. The fourth-order valence-corrected chi connectivity index (χ4v) is 14.6. The van der Waals surface area contributed by atoms with Crippen LogP contribution in [0.1, 0.15) is 65.2 Å². The molecule has 0 aromatic rings. The van der Waals surface area contributed by atoms with E-state index in [1.165, 1.54) is 23.9 Å². The number of unbranched alkanes of at least 4 members (excludes halogenated alkanes) is 4. The van der Waals surface area contributed by atoms with Crippen LogP contribution in [0.4, 0.5) is 0 Å². The number of rotatable bonds is 22. The SMILES string of the molecule is CCCCCN(C)CCC(O)(P(=O)(O)O)P(=O)(O)CP(=O)(O)OP(=O)(O)C(O)(CCN(C)CCCCC)P(=O)(O)O.[Y].[Y]. The molecular weight excluding hydrogens is 829 g/mol. The van der Waals surface area contributed by atoms with Crippen molar-refractivity contribution in [1.82, 2.24) is 9.80 Å². The summed E-state index contributed by atoms with van der Waals surface area (Å²) in [6, 6.07) is 0. The Labute approximate surface area is 303 Å². The molecule has 0 aliphatic heterocycles. The maximum absolute atomic E-state index is 13.0. The Morgan fingerprint density at radius 2 is 0.953 bits per heavy atom. The van der Waals surface area contributed by atoms with Gasteiger partial charge in [-0.3, -0.25) is 22.8 Å². The van der Waals surface area contributed by atoms with E-state index in [-0.39, 0.29) is 78.5 Å². The van der Waals surface area contributed by atoms with Crippen LogP contribution in [-0.4, -0.2) is 111 Å². The van der Waals surface area contributed by atoms with Crippen molar-refractivity contribution in [1.29, 1.82) is 0 Å². The molecule has 0 fully saturated rings. The predicted octanol–water partition coefficient (Wildman–Crippen LogP) is 2.27. The van der Waals surface area contributed by atoms with Gasteiger partial charge >= 0.3 is 30.4 Å². The van der Waals surface area contributed by atoms with Gasteiger partial charge in [-0.1, -0.05) is 39.5 Å². The van der Waals surface area contributed by atoms with Gasteiger partial charge in [0, 0.05) is 91.3 Å². The summed E-state index contributed by atoms with van der Waals surface area (Å²) in [6.45, 7) is 3.92. The van der Waals surface area contributed by atoms with Crippen LogP contribution in [0.2, 0.25) is 0 Å². The third-order valence-corrected chi connectivity index (χ3v) is 19.4. The first-order chi connectivity index (χ1) is 18.3. The van der Waals surface area contributed by atoms with Crippen LogP contribution in [0.15, 0.2) is 0 Å². The summed E-state index contributed by atoms with van der Waals surface area (Å²) in [5.41, 5.74) is 0. The number of hydrogen-bond donors (Lipinski definition) is 9. The second kappa shape index (κ2) is 20.5. The molecule has 0 aliphatic carbocycles. The molecule has 0 saturated heterocycles. The van der Waals surface area contributed by atoms with Gasteiger partial charge in [0.2, 0.25) is 5.08 Å². The predicted molar refractivity (Wildman–Crippen MR) is 153 cm³/mol. The topological polar surface area (TPSA) is 283 Å². The number of hydrogen-bond acceptors (Lipinski definition) is 10. The smallest absolute Gasteiger partial charge is 0.369 e. The fourth-order valence-electron chi connectivity index (χ4n) is 3.76. The molecule has 0 heterocycles. The van der Waals surface area contributed by atoms with Gasteiger partial charge in [0.25, 0.3) is 12.5 Å². The average molecular weight is 876 g/mol. The van der Waals surface area contributed by atoms with E-state index in [1.807, 2.05) is 13.8 Å². The first-order valence-corrected chi connectivity index (χ1v) is 21.3. The van der Waals surface area contributed by atoms with Crippen molar-refractivity contribution in [2.24, 2.45) is 0 Å². The van der Waals surface area contributed by atoms with Crippen LogP contribution in [0.3, 0.4) is 0 Å². The van der Waals surface area contributed by atoms with Crippen molar-refractivity contribution in [3.8, 4) is 0 Å². The summed E-state index contributed by atoms with van der Waals surface area (Å²) in [5, 5.41) is 13.6. The summed E-state index contributed by atoms with van der Waals surface area (Å²) in [7, 11) is -27.0. The Hall–Kier alpha value is 2.88. The molecule has 5 atom stereocenters. The molecule has 0 aliphatic rings. The van der Waals surface area contributed by atoms with Crippen molar-refractivity contribution < 1.29 is 137 Å². The minimum atomic E-state index is -6.23. The van der Waals surface area contributed by atoms with E-state index in [9.17, 15) is 67.3 Å². The Morgan fingerprint density at radius 1 is 0.605 bits per heavy atom. The average Bonchev–Trinajstić information content (AvgIpc) is 2.78. The van der Waals surface area contributed by atoms with E-state index in [1.54, 1.807) is 0 Å². The van der Waals surface area contributed by atoms with E-state index in [0.29, 0.717) is 25.9 Å². The van der Waals surface area contributed by atoms with Crippen molar-refractivity contribution in [3.63, 3.8) is 0 Å². The van der Waals surface area contributed by atoms with E-state index >= 15 is 0 Å². The van der Waals surface area contributed by atoms with Crippen molar-refractivity contribution >= 4 is 37.8 Å². The second-order valence-electron chi connectivity index (χ2n) is 10.2. The van der Waals surface area contributed by atoms with Gasteiger partial charge in [-0.05, 0) is 40.0 Å². The zero-order valence-electron chi connectivity index (χ0n) is 25.0. The van der Waals surface area contributed by atoms with Crippen LogP contribution in [0.25, 0.3) is 0 Å². The largest absolute Gasteiger partial charge is 0.379 e. The van der Waals surface area contributed by atoms with Gasteiger partial charge in [0.15, 0.2) is 0 Å². The van der Waals surface area contributed by atoms with E-state index < -0.39 is 66.7 Å². The maximum Gasteiger partial charge on any atom is 0.379 e.